The minimum Gasteiger partial charge on any atom is -0.462 e. The molecule has 0 saturated heterocycles. The van der Waals surface area contributed by atoms with E-state index in [0.29, 0.717) is 23.5 Å². The third-order valence-corrected chi connectivity index (χ3v) is 4.69. The lowest BCUT2D eigenvalue weighted by Crippen LogP contribution is -2.07. The minimum atomic E-state index is -0.345. The van der Waals surface area contributed by atoms with E-state index in [1.54, 1.807) is 18.2 Å². The Morgan fingerprint density at radius 1 is 0.731 bits per heavy atom. The number of carbonyl (C=O) groups excluding carboxylic acids is 1. The summed E-state index contributed by atoms with van der Waals surface area (Å²) in [5, 5.41) is 0. The zero-order chi connectivity index (χ0) is 19.0. The highest BCUT2D eigenvalue weighted by Gasteiger charge is 2.08. The Morgan fingerprint density at radius 2 is 1.15 bits per heavy atom. The van der Waals surface area contributed by atoms with E-state index in [2.05, 4.69) is 6.92 Å². The molecule has 0 aliphatic heterocycles. The highest BCUT2D eigenvalue weighted by Crippen LogP contribution is 2.15. The van der Waals surface area contributed by atoms with Crippen molar-refractivity contribution in [2.75, 3.05) is 18.1 Å². The van der Waals surface area contributed by atoms with Crippen molar-refractivity contribution in [2.45, 2.75) is 90.4 Å². The van der Waals surface area contributed by atoms with Crippen LogP contribution < -0.4 is 11.5 Å². The predicted molar refractivity (Wildman–Crippen MR) is 111 cm³/mol. The maximum absolute atomic E-state index is 11.9. The number of ether oxygens (including phenoxy) is 1. The third kappa shape index (κ3) is 11.0. The van der Waals surface area contributed by atoms with Gasteiger partial charge in [0.15, 0.2) is 0 Å². The summed E-state index contributed by atoms with van der Waals surface area (Å²) < 4.78 is 5.29. The highest BCUT2D eigenvalue weighted by atomic mass is 16.5. The van der Waals surface area contributed by atoms with Gasteiger partial charge >= 0.3 is 5.97 Å². The molecule has 0 saturated carbocycles. The molecule has 0 aliphatic rings. The lowest BCUT2D eigenvalue weighted by atomic mass is 10.0. The standard InChI is InChI=1S/C22H38N2O2/c1-2-3-4-5-6-7-8-9-10-11-12-13-14-15-26-22(25)19-16-20(23)18-21(24)17-19/h16-18H,2-15,23-24H2,1H3. The number of rotatable bonds is 15. The van der Waals surface area contributed by atoms with Gasteiger partial charge in [0.25, 0.3) is 0 Å². The molecule has 0 atom stereocenters. The number of hydrogen-bond acceptors (Lipinski definition) is 4. The van der Waals surface area contributed by atoms with Gasteiger partial charge in [-0.3, -0.25) is 0 Å². The van der Waals surface area contributed by atoms with E-state index < -0.39 is 0 Å². The topological polar surface area (TPSA) is 78.3 Å². The third-order valence-electron chi connectivity index (χ3n) is 4.69. The molecule has 4 nitrogen and oxygen atoms in total. The molecule has 0 amide bonds. The largest absolute Gasteiger partial charge is 0.462 e. The van der Waals surface area contributed by atoms with Gasteiger partial charge < -0.3 is 16.2 Å². The molecule has 1 aromatic carbocycles. The van der Waals surface area contributed by atoms with Crippen LogP contribution in [0, 0.1) is 0 Å². The molecule has 0 unspecified atom stereocenters. The zero-order valence-corrected chi connectivity index (χ0v) is 16.6. The van der Waals surface area contributed by atoms with Crippen molar-refractivity contribution in [1.82, 2.24) is 0 Å². The van der Waals surface area contributed by atoms with Crippen LogP contribution in [-0.4, -0.2) is 12.6 Å². The summed E-state index contributed by atoms with van der Waals surface area (Å²) >= 11 is 0. The van der Waals surface area contributed by atoms with E-state index >= 15 is 0 Å². The minimum absolute atomic E-state index is 0.345. The second kappa shape index (κ2) is 14.5. The Balaban J connectivity index is 1.91. The van der Waals surface area contributed by atoms with Crippen LogP contribution in [0.3, 0.4) is 0 Å². The zero-order valence-electron chi connectivity index (χ0n) is 16.6. The van der Waals surface area contributed by atoms with Crippen molar-refractivity contribution < 1.29 is 9.53 Å². The second-order valence-corrected chi connectivity index (χ2v) is 7.27. The molecular weight excluding hydrogens is 324 g/mol. The van der Waals surface area contributed by atoms with E-state index in [0.717, 1.165) is 12.8 Å². The average molecular weight is 363 g/mol. The molecule has 0 bridgehead atoms. The normalized spacial score (nSPS) is 10.8. The summed E-state index contributed by atoms with van der Waals surface area (Å²) in [6.07, 6.45) is 17.0. The van der Waals surface area contributed by atoms with Gasteiger partial charge in [0.1, 0.15) is 0 Å². The molecule has 26 heavy (non-hydrogen) atoms. The van der Waals surface area contributed by atoms with Crippen molar-refractivity contribution >= 4 is 17.3 Å². The fourth-order valence-electron chi connectivity index (χ4n) is 3.16. The van der Waals surface area contributed by atoms with Crippen LogP contribution in [0.2, 0.25) is 0 Å². The Morgan fingerprint density at radius 3 is 1.62 bits per heavy atom. The van der Waals surface area contributed by atoms with E-state index in [-0.39, 0.29) is 5.97 Å². The number of nitrogen functional groups attached to an aromatic ring is 2. The second-order valence-electron chi connectivity index (χ2n) is 7.27. The summed E-state index contributed by atoms with van der Waals surface area (Å²) in [7, 11) is 0. The number of nitrogens with two attached hydrogens (primary N) is 2. The average Bonchev–Trinajstić information content (AvgIpc) is 2.61. The predicted octanol–water partition coefficient (Wildman–Crippen LogP) is 6.10. The van der Waals surface area contributed by atoms with Crippen LogP contribution >= 0.6 is 0 Å². The van der Waals surface area contributed by atoms with Crippen LogP contribution in [0.5, 0.6) is 0 Å². The summed E-state index contributed by atoms with van der Waals surface area (Å²) in [5.74, 6) is -0.345. The Labute approximate surface area is 159 Å². The molecule has 0 fully saturated rings. The molecule has 1 rings (SSSR count). The number of carbonyl (C=O) groups is 1. The summed E-state index contributed by atoms with van der Waals surface area (Å²) in [5.41, 5.74) is 12.8. The lowest BCUT2D eigenvalue weighted by Gasteiger charge is -2.07. The van der Waals surface area contributed by atoms with Gasteiger partial charge in [-0.1, -0.05) is 84.0 Å². The van der Waals surface area contributed by atoms with Crippen LogP contribution in [-0.2, 0) is 4.74 Å². The number of hydrogen-bond donors (Lipinski definition) is 2. The molecule has 1 aromatic rings. The summed E-state index contributed by atoms with van der Waals surface area (Å²) in [4.78, 5) is 11.9. The first kappa shape index (κ1) is 22.3. The van der Waals surface area contributed by atoms with Gasteiger partial charge in [0.2, 0.25) is 0 Å². The fourth-order valence-corrected chi connectivity index (χ4v) is 3.16. The number of benzene rings is 1. The molecule has 0 aliphatic carbocycles. The Bertz CT molecular complexity index is 483. The molecule has 0 spiro atoms. The molecule has 0 radical (unpaired) electrons. The highest BCUT2D eigenvalue weighted by molar-refractivity contribution is 5.91. The SMILES string of the molecule is CCCCCCCCCCCCCCCOC(=O)c1cc(N)cc(N)c1. The molecule has 0 aromatic heterocycles. The maximum Gasteiger partial charge on any atom is 0.338 e. The summed E-state index contributed by atoms with van der Waals surface area (Å²) in [6, 6.07) is 4.83. The van der Waals surface area contributed by atoms with E-state index in [1.165, 1.54) is 70.6 Å². The van der Waals surface area contributed by atoms with E-state index in [9.17, 15) is 4.79 Å². The smallest absolute Gasteiger partial charge is 0.338 e. The van der Waals surface area contributed by atoms with Crippen LogP contribution in [0.15, 0.2) is 18.2 Å². The van der Waals surface area contributed by atoms with Crippen molar-refractivity contribution in [2.24, 2.45) is 0 Å². The number of anilines is 2. The van der Waals surface area contributed by atoms with Crippen LogP contribution in [0.4, 0.5) is 11.4 Å². The van der Waals surface area contributed by atoms with Gasteiger partial charge in [-0.25, -0.2) is 4.79 Å². The monoisotopic (exact) mass is 362 g/mol. The Hall–Kier alpha value is -1.71. The maximum atomic E-state index is 11.9. The van der Waals surface area contributed by atoms with Crippen molar-refractivity contribution in [3.8, 4) is 0 Å². The molecule has 148 valence electrons. The quantitative estimate of drug-likeness (QED) is 0.224. The molecule has 0 heterocycles. The van der Waals surface area contributed by atoms with Crippen LogP contribution in [0.1, 0.15) is 101 Å². The molecule has 4 N–H and O–H groups in total. The first-order valence-corrected chi connectivity index (χ1v) is 10.5. The fraction of sp³-hybridized carbons (Fsp3) is 0.682. The lowest BCUT2D eigenvalue weighted by molar-refractivity contribution is 0.0498. The van der Waals surface area contributed by atoms with Gasteiger partial charge in [-0.05, 0) is 24.6 Å². The van der Waals surface area contributed by atoms with Gasteiger partial charge in [-0.2, -0.15) is 0 Å². The van der Waals surface area contributed by atoms with Crippen molar-refractivity contribution in [3.05, 3.63) is 23.8 Å². The Kier molecular flexibility index (Phi) is 12.4. The van der Waals surface area contributed by atoms with Gasteiger partial charge in [-0.15, -0.1) is 0 Å². The molecule has 4 heteroatoms. The van der Waals surface area contributed by atoms with Gasteiger partial charge in [0.05, 0.1) is 12.2 Å². The molecular formula is C22H38N2O2. The van der Waals surface area contributed by atoms with E-state index in [1.807, 2.05) is 0 Å². The van der Waals surface area contributed by atoms with Crippen molar-refractivity contribution in [1.29, 1.82) is 0 Å². The van der Waals surface area contributed by atoms with Crippen molar-refractivity contribution in [3.63, 3.8) is 0 Å². The number of unbranched alkanes of at least 4 members (excludes halogenated alkanes) is 12. The van der Waals surface area contributed by atoms with Crippen LogP contribution in [0.25, 0.3) is 0 Å². The first-order valence-electron chi connectivity index (χ1n) is 10.5. The van der Waals surface area contributed by atoms with E-state index in [4.69, 9.17) is 16.2 Å². The summed E-state index contributed by atoms with van der Waals surface area (Å²) in [6.45, 7) is 2.73. The number of esters is 1. The van der Waals surface area contributed by atoms with Gasteiger partial charge in [0, 0.05) is 11.4 Å². The first-order chi connectivity index (χ1) is 12.6.